The van der Waals surface area contributed by atoms with Crippen LogP contribution < -0.4 is 5.32 Å². The fourth-order valence-corrected chi connectivity index (χ4v) is 2.80. The van der Waals surface area contributed by atoms with E-state index in [-0.39, 0.29) is 23.7 Å². The van der Waals surface area contributed by atoms with Gasteiger partial charge in [0.05, 0.1) is 6.20 Å². The Hall–Kier alpha value is -1.85. The van der Waals surface area contributed by atoms with Crippen LogP contribution in [0, 0.1) is 11.8 Å². The first-order valence-corrected chi connectivity index (χ1v) is 7.39. The van der Waals surface area contributed by atoms with Crippen molar-refractivity contribution in [3.05, 3.63) is 18.0 Å². The standard InChI is InChI=1S/C15H24N4O2/c1-9(2)12-15(21)19(8-11-6-16-18(5)7-11)13(10(3)4)14(20)17-12/h6-7,9-10,12-13H,8H2,1-5H3,(H,17,20). The zero-order chi connectivity index (χ0) is 15.7. The van der Waals surface area contributed by atoms with Crippen molar-refractivity contribution in [3.63, 3.8) is 0 Å². The third-order valence-corrected chi connectivity index (χ3v) is 3.86. The van der Waals surface area contributed by atoms with Gasteiger partial charge in [0, 0.05) is 25.4 Å². The largest absolute Gasteiger partial charge is 0.342 e. The van der Waals surface area contributed by atoms with Gasteiger partial charge in [-0.2, -0.15) is 5.10 Å². The van der Waals surface area contributed by atoms with Crippen LogP contribution in [0.1, 0.15) is 33.3 Å². The molecule has 116 valence electrons. The molecule has 0 saturated carbocycles. The Labute approximate surface area is 125 Å². The number of amides is 2. The first-order chi connectivity index (χ1) is 9.81. The van der Waals surface area contributed by atoms with Crippen molar-refractivity contribution in [2.45, 2.75) is 46.3 Å². The van der Waals surface area contributed by atoms with E-state index >= 15 is 0 Å². The molecule has 0 aliphatic carbocycles. The molecule has 2 heterocycles. The summed E-state index contributed by atoms with van der Waals surface area (Å²) in [6.07, 6.45) is 3.61. The average molecular weight is 292 g/mol. The van der Waals surface area contributed by atoms with Crippen LogP contribution >= 0.6 is 0 Å². The highest BCUT2D eigenvalue weighted by atomic mass is 16.2. The molecule has 6 heteroatoms. The molecule has 1 aliphatic rings. The highest BCUT2D eigenvalue weighted by Crippen LogP contribution is 2.22. The molecule has 6 nitrogen and oxygen atoms in total. The summed E-state index contributed by atoms with van der Waals surface area (Å²) in [6.45, 7) is 8.24. The SMILES string of the molecule is CC(C)C1NC(=O)C(C(C)C)N(Cc2cnn(C)c2)C1=O. The van der Waals surface area contributed by atoms with Crippen molar-refractivity contribution in [2.24, 2.45) is 18.9 Å². The molecule has 2 rings (SSSR count). The van der Waals surface area contributed by atoms with Crippen LogP contribution in [0.5, 0.6) is 0 Å². The maximum absolute atomic E-state index is 12.7. The molecule has 1 aromatic heterocycles. The van der Waals surface area contributed by atoms with Gasteiger partial charge in [0.25, 0.3) is 0 Å². The number of carbonyl (C=O) groups excluding carboxylic acids is 2. The van der Waals surface area contributed by atoms with Crippen LogP contribution in [-0.4, -0.2) is 38.6 Å². The van der Waals surface area contributed by atoms with Crippen molar-refractivity contribution in [3.8, 4) is 0 Å². The molecule has 0 bridgehead atoms. The lowest BCUT2D eigenvalue weighted by Crippen LogP contribution is -2.65. The molecular weight excluding hydrogens is 268 g/mol. The third kappa shape index (κ3) is 3.09. The van der Waals surface area contributed by atoms with Gasteiger partial charge in [0.15, 0.2) is 0 Å². The van der Waals surface area contributed by atoms with Gasteiger partial charge in [-0.15, -0.1) is 0 Å². The van der Waals surface area contributed by atoms with E-state index in [1.165, 1.54) is 0 Å². The number of piperazine rings is 1. The van der Waals surface area contributed by atoms with E-state index in [0.717, 1.165) is 5.56 Å². The third-order valence-electron chi connectivity index (χ3n) is 3.86. The van der Waals surface area contributed by atoms with Gasteiger partial charge in [0.2, 0.25) is 11.8 Å². The van der Waals surface area contributed by atoms with Crippen LogP contribution in [0.3, 0.4) is 0 Å². The number of aromatic nitrogens is 2. The number of aryl methyl sites for hydroxylation is 1. The minimum atomic E-state index is -0.441. The summed E-state index contributed by atoms with van der Waals surface area (Å²) in [5.74, 6) is 0.0732. The summed E-state index contributed by atoms with van der Waals surface area (Å²) < 4.78 is 1.70. The van der Waals surface area contributed by atoms with E-state index in [4.69, 9.17) is 0 Å². The second-order valence-corrected chi connectivity index (χ2v) is 6.41. The Morgan fingerprint density at radius 3 is 2.38 bits per heavy atom. The van der Waals surface area contributed by atoms with Gasteiger partial charge >= 0.3 is 0 Å². The maximum atomic E-state index is 12.7. The van der Waals surface area contributed by atoms with E-state index in [9.17, 15) is 9.59 Å². The molecule has 2 unspecified atom stereocenters. The lowest BCUT2D eigenvalue weighted by atomic mass is 9.92. The molecule has 21 heavy (non-hydrogen) atoms. The number of rotatable bonds is 4. The number of nitrogens with one attached hydrogen (secondary N) is 1. The minimum absolute atomic E-state index is 0.00727. The van der Waals surface area contributed by atoms with Crippen molar-refractivity contribution in [1.82, 2.24) is 20.0 Å². The van der Waals surface area contributed by atoms with Gasteiger partial charge in [-0.05, 0) is 11.8 Å². The monoisotopic (exact) mass is 292 g/mol. The first kappa shape index (κ1) is 15.5. The molecule has 2 atom stereocenters. The van der Waals surface area contributed by atoms with Crippen LogP contribution in [0.2, 0.25) is 0 Å². The molecule has 0 aromatic carbocycles. The van der Waals surface area contributed by atoms with Crippen molar-refractivity contribution in [2.75, 3.05) is 0 Å². The molecule has 1 N–H and O–H groups in total. The zero-order valence-corrected chi connectivity index (χ0v) is 13.3. The van der Waals surface area contributed by atoms with Gasteiger partial charge in [0.1, 0.15) is 12.1 Å². The number of carbonyl (C=O) groups is 2. The molecule has 1 aliphatic heterocycles. The van der Waals surface area contributed by atoms with E-state index in [0.29, 0.717) is 6.54 Å². The van der Waals surface area contributed by atoms with Crippen LogP contribution in [-0.2, 0) is 23.2 Å². The Morgan fingerprint density at radius 2 is 1.90 bits per heavy atom. The van der Waals surface area contributed by atoms with Crippen molar-refractivity contribution >= 4 is 11.8 Å². The van der Waals surface area contributed by atoms with Crippen molar-refractivity contribution < 1.29 is 9.59 Å². The number of hydrogen-bond donors (Lipinski definition) is 1. The molecular formula is C15H24N4O2. The fraction of sp³-hybridized carbons (Fsp3) is 0.667. The zero-order valence-electron chi connectivity index (χ0n) is 13.3. The summed E-state index contributed by atoms with van der Waals surface area (Å²) >= 11 is 0. The predicted octanol–water partition coefficient (Wildman–Crippen LogP) is 0.928. The van der Waals surface area contributed by atoms with E-state index in [1.807, 2.05) is 40.9 Å². The lowest BCUT2D eigenvalue weighted by Gasteiger charge is -2.41. The van der Waals surface area contributed by atoms with Gasteiger partial charge in [-0.1, -0.05) is 27.7 Å². The minimum Gasteiger partial charge on any atom is -0.342 e. The van der Waals surface area contributed by atoms with Gasteiger partial charge in [-0.25, -0.2) is 0 Å². The molecule has 0 radical (unpaired) electrons. The van der Waals surface area contributed by atoms with Crippen LogP contribution in [0.4, 0.5) is 0 Å². The topological polar surface area (TPSA) is 67.2 Å². The van der Waals surface area contributed by atoms with E-state index in [2.05, 4.69) is 10.4 Å². The second-order valence-electron chi connectivity index (χ2n) is 6.41. The second kappa shape index (κ2) is 5.87. The number of nitrogens with zero attached hydrogens (tertiary/aromatic N) is 3. The van der Waals surface area contributed by atoms with Gasteiger partial charge in [-0.3, -0.25) is 14.3 Å². The van der Waals surface area contributed by atoms with Crippen LogP contribution in [0.15, 0.2) is 12.4 Å². The lowest BCUT2D eigenvalue weighted by molar-refractivity contribution is -0.153. The predicted molar refractivity (Wildman–Crippen MR) is 79.2 cm³/mol. The molecule has 1 fully saturated rings. The van der Waals surface area contributed by atoms with E-state index in [1.54, 1.807) is 15.8 Å². The van der Waals surface area contributed by atoms with E-state index < -0.39 is 12.1 Å². The molecule has 2 amide bonds. The summed E-state index contributed by atoms with van der Waals surface area (Å²) in [5.41, 5.74) is 0.939. The summed E-state index contributed by atoms with van der Waals surface area (Å²) in [6, 6.07) is -0.864. The summed E-state index contributed by atoms with van der Waals surface area (Å²) in [7, 11) is 1.84. The summed E-state index contributed by atoms with van der Waals surface area (Å²) in [5, 5.41) is 7.00. The highest BCUT2D eigenvalue weighted by molar-refractivity contribution is 5.97. The normalized spacial score (nSPS) is 23.1. The Bertz CT molecular complexity index is 536. The Kier molecular flexibility index (Phi) is 4.34. The van der Waals surface area contributed by atoms with Crippen molar-refractivity contribution in [1.29, 1.82) is 0 Å². The maximum Gasteiger partial charge on any atom is 0.246 e. The average Bonchev–Trinajstić information content (AvgIpc) is 2.78. The Balaban J connectivity index is 2.29. The van der Waals surface area contributed by atoms with Crippen LogP contribution in [0.25, 0.3) is 0 Å². The molecule has 1 saturated heterocycles. The smallest absolute Gasteiger partial charge is 0.246 e. The highest BCUT2D eigenvalue weighted by Gasteiger charge is 2.42. The first-order valence-electron chi connectivity index (χ1n) is 7.39. The fourth-order valence-electron chi connectivity index (χ4n) is 2.80. The molecule has 1 aromatic rings. The number of hydrogen-bond acceptors (Lipinski definition) is 3. The quantitative estimate of drug-likeness (QED) is 0.897. The Morgan fingerprint density at radius 1 is 1.24 bits per heavy atom. The summed E-state index contributed by atoms with van der Waals surface area (Å²) in [4.78, 5) is 26.8. The molecule has 0 spiro atoms. The van der Waals surface area contributed by atoms with Gasteiger partial charge < -0.3 is 10.2 Å².